The molecule has 14 heavy (non-hydrogen) atoms. The summed E-state index contributed by atoms with van der Waals surface area (Å²) < 4.78 is 0. The molecule has 70 valence electrons. The van der Waals surface area contributed by atoms with Gasteiger partial charge in [0, 0.05) is 24.5 Å². The highest BCUT2D eigenvalue weighted by atomic mass is 14.8. The summed E-state index contributed by atoms with van der Waals surface area (Å²) in [6.45, 7) is 0. The predicted molar refractivity (Wildman–Crippen MR) is 55.7 cm³/mol. The molecule has 0 saturated heterocycles. The Morgan fingerprint density at radius 1 is 1.00 bits per heavy atom. The Kier molecular flexibility index (Phi) is 2.40. The first kappa shape index (κ1) is 8.69. The van der Waals surface area contributed by atoms with E-state index < -0.39 is 0 Å². The summed E-state index contributed by atoms with van der Waals surface area (Å²) in [5, 5.41) is 0. The highest BCUT2D eigenvalue weighted by Crippen LogP contribution is 2.08. The molecule has 0 unspecified atom stereocenters. The molecule has 0 spiro atoms. The average Bonchev–Trinajstić information content (AvgIpc) is 2.23. The number of nitrogens with zero attached hydrogens (tertiary/aromatic N) is 2. The van der Waals surface area contributed by atoms with Gasteiger partial charge < -0.3 is 5.73 Å². The molecule has 3 heteroatoms. The molecule has 0 fully saturated rings. The number of hydrogen-bond donors (Lipinski definition) is 1. The number of nitrogens with two attached hydrogens (primary N) is 1. The minimum absolute atomic E-state index is 0.751. The van der Waals surface area contributed by atoms with Crippen LogP contribution in [0.2, 0.25) is 0 Å². The number of nitrogen functional groups attached to an aromatic ring is 1. The van der Waals surface area contributed by atoms with Crippen molar-refractivity contribution in [3.63, 3.8) is 0 Å². The van der Waals surface area contributed by atoms with Crippen LogP contribution in [0.4, 0.5) is 5.69 Å². The Hall–Kier alpha value is -1.90. The van der Waals surface area contributed by atoms with Crippen molar-refractivity contribution in [3.8, 4) is 0 Å². The first-order valence-electron chi connectivity index (χ1n) is 4.45. The zero-order valence-corrected chi connectivity index (χ0v) is 7.72. The molecule has 0 saturated carbocycles. The Bertz CT molecular complexity index is 395. The zero-order valence-electron chi connectivity index (χ0n) is 7.72. The van der Waals surface area contributed by atoms with Crippen LogP contribution in [0.5, 0.6) is 0 Å². The van der Waals surface area contributed by atoms with Gasteiger partial charge in [-0.15, -0.1) is 0 Å². The van der Waals surface area contributed by atoms with Gasteiger partial charge in [-0.05, 0) is 23.8 Å². The first-order chi connectivity index (χ1) is 6.84. The van der Waals surface area contributed by atoms with E-state index in [1.54, 1.807) is 12.4 Å². The summed E-state index contributed by atoms with van der Waals surface area (Å²) in [5.74, 6) is 0.831. The summed E-state index contributed by atoms with van der Waals surface area (Å²) >= 11 is 0. The number of hydrogen-bond acceptors (Lipinski definition) is 3. The van der Waals surface area contributed by atoms with Crippen LogP contribution in [0.1, 0.15) is 11.4 Å². The van der Waals surface area contributed by atoms with Gasteiger partial charge in [-0.3, -0.25) is 0 Å². The molecule has 0 atom stereocenters. The van der Waals surface area contributed by atoms with Crippen molar-refractivity contribution in [1.82, 2.24) is 9.97 Å². The highest BCUT2D eigenvalue weighted by molar-refractivity contribution is 5.39. The van der Waals surface area contributed by atoms with Crippen LogP contribution in [0, 0.1) is 0 Å². The van der Waals surface area contributed by atoms with E-state index in [0.717, 1.165) is 17.9 Å². The molecule has 1 aromatic carbocycles. The number of rotatable bonds is 2. The maximum Gasteiger partial charge on any atom is 0.132 e. The summed E-state index contributed by atoms with van der Waals surface area (Å²) in [5.41, 5.74) is 7.54. The molecule has 0 bridgehead atoms. The summed E-state index contributed by atoms with van der Waals surface area (Å²) in [6.07, 6.45) is 4.25. The molecule has 1 heterocycles. The molecule has 0 aliphatic carbocycles. The van der Waals surface area contributed by atoms with Crippen molar-refractivity contribution in [2.75, 3.05) is 5.73 Å². The fourth-order valence-electron chi connectivity index (χ4n) is 1.24. The number of aromatic nitrogens is 2. The minimum atomic E-state index is 0.751. The van der Waals surface area contributed by atoms with Crippen LogP contribution >= 0.6 is 0 Å². The van der Waals surface area contributed by atoms with E-state index in [9.17, 15) is 0 Å². The maximum absolute atomic E-state index is 5.59. The largest absolute Gasteiger partial charge is 0.399 e. The third kappa shape index (κ3) is 2.07. The van der Waals surface area contributed by atoms with Crippen LogP contribution in [0.3, 0.4) is 0 Å². The van der Waals surface area contributed by atoms with Gasteiger partial charge in [-0.1, -0.05) is 12.1 Å². The summed E-state index contributed by atoms with van der Waals surface area (Å²) in [4.78, 5) is 8.31. The third-order valence-corrected chi connectivity index (χ3v) is 1.96. The van der Waals surface area contributed by atoms with E-state index in [-0.39, 0.29) is 0 Å². The van der Waals surface area contributed by atoms with Crippen LogP contribution in [-0.4, -0.2) is 9.97 Å². The second-order valence-corrected chi connectivity index (χ2v) is 3.08. The topological polar surface area (TPSA) is 51.8 Å². The summed E-state index contributed by atoms with van der Waals surface area (Å²) in [6, 6.07) is 9.57. The molecule has 0 amide bonds. The molecule has 1 aromatic heterocycles. The smallest absolute Gasteiger partial charge is 0.132 e. The van der Waals surface area contributed by atoms with Gasteiger partial charge in [0.05, 0.1) is 0 Å². The van der Waals surface area contributed by atoms with Gasteiger partial charge in [0.1, 0.15) is 5.82 Å². The fraction of sp³-hybridized carbons (Fsp3) is 0.0909. The lowest BCUT2D eigenvalue weighted by atomic mass is 10.1. The van der Waals surface area contributed by atoms with Gasteiger partial charge in [-0.2, -0.15) is 0 Å². The molecule has 2 aromatic rings. The van der Waals surface area contributed by atoms with Crippen molar-refractivity contribution in [3.05, 3.63) is 54.1 Å². The van der Waals surface area contributed by atoms with E-state index in [2.05, 4.69) is 9.97 Å². The van der Waals surface area contributed by atoms with E-state index in [4.69, 9.17) is 5.73 Å². The monoisotopic (exact) mass is 185 g/mol. The van der Waals surface area contributed by atoms with Crippen LogP contribution in [0.25, 0.3) is 0 Å². The van der Waals surface area contributed by atoms with Gasteiger partial charge >= 0.3 is 0 Å². The zero-order chi connectivity index (χ0) is 9.80. The van der Waals surface area contributed by atoms with Crippen LogP contribution in [0.15, 0.2) is 42.7 Å². The predicted octanol–water partition coefficient (Wildman–Crippen LogP) is 1.65. The SMILES string of the molecule is Nc1ccc(Cc2ncccn2)cc1. The average molecular weight is 185 g/mol. The molecular weight excluding hydrogens is 174 g/mol. The highest BCUT2D eigenvalue weighted by Gasteiger charge is 1.97. The Morgan fingerprint density at radius 2 is 1.64 bits per heavy atom. The normalized spacial score (nSPS) is 10.0. The molecule has 2 rings (SSSR count). The molecule has 3 nitrogen and oxygen atoms in total. The van der Waals surface area contributed by atoms with Gasteiger partial charge in [0.15, 0.2) is 0 Å². The Labute approximate surface area is 82.6 Å². The molecule has 0 aliphatic heterocycles. The van der Waals surface area contributed by atoms with Gasteiger partial charge in [0.2, 0.25) is 0 Å². The molecule has 0 radical (unpaired) electrons. The van der Waals surface area contributed by atoms with Gasteiger partial charge in [0.25, 0.3) is 0 Å². The first-order valence-corrected chi connectivity index (χ1v) is 4.45. The van der Waals surface area contributed by atoms with Crippen molar-refractivity contribution in [1.29, 1.82) is 0 Å². The van der Waals surface area contributed by atoms with Gasteiger partial charge in [-0.25, -0.2) is 9.97 Å². The summed E-state index contributed by atoms with van der Waals surface area (Å²) in [7, 11) is 0. The number of anilines is 1. The van der Waals surface area contributed by atoms with Crippen molar-refractivity contribution >= 4 is 5.69 Å². The Morgan fingerprint density at radius 3 is 2.29 bits per heavy atom. The molecule has 0 aliphatic rings. The van der Waals surface area contributed by atoms with E-state index in [1.165, 1.54) is 5.56 Å². The van der Waals surface area contributed by atoms with E-state index >= 15 is 0 Å². The van der Waals surface area contributed by atoms with Crippen LogP contribution < -0.4 is 5.73 Å². The third-order valence-electron chi connectivity index (χ3n) is 1.96. The fourth-order valence-corrected chi connectivity index (χ4v) is 1.24. The number of benzene rings is 1. The lowest BCUT2D eigenvalue weighted by Gasteiger charge is -2.00. The molecule has 2 N–H and O–H groups in total. The minimum Gasteiger partial charge on any atom is -0.399 e. The standard InChI is InChI=1S/C11H11N3/c12-10-4-2-9(3-5-10)8-11-13-6-1-7-14-11/h1-7H,8,12H2. The lowest BCUT2D eigenvalue weighted by Crippen LogP contribution is -1.95. The second kappa shape index (κ2) is 3.87. The lowest BCUT2D eigenvalue weighted by molar-refractivity contribution is 0.968. The van der Waals surface area contributed by atoms with E-state index in [0.29, 0.717) is 0 Å². The van der Waals surface area contributed by atoms with Crippen molar-refractivity contribution in [2.45, 2.75) is 6.42 Å². The van der Waals surface area contributed by atoms with Crippen LogP contribution in [-0.2, 0) is 6.42 Å². The van der Waals surface area contributed by atoms with Crippen molar-refractivity contribution in [2.24, 2.45) is 0 Å². The van der Waals surface area contributed by atoms with E-state index in [1.807, 2.05) is 30.3 Å². The Balaban J connectivity index is 2.16. The molecular formula is C11H11N3. The van der Waals surface area contributed by atoms with Crippen molar-refractivity contribution < 1.29 is 0 Å². The second-order valence-electron chi connectivity index (χ2n) is 3.08. The quantitative estimate of drug-likeness (QED) is 0.724. The maximum atomic E-state index is 5.59.